The van der Waals surface area contributed by atoms with Crippen LogP contribution < -0.4 is 0 Å². The zero-order valence-corrected chi connectivity index (χ0v) is 12.0. The normalized spacial score (nSPS) is 13.2. The zero-order chi connectivity index (χ0) is 13.5. The first-order valence-electron chi connectivity index (χ1n) is 7.31. The third kappa shape index (κ3) is 3.92. The third-order valence-corrected chi connectivity index (χ3v) is 3.52. The largest absolute Gasteiger partial charge is 0.290 e. The molecule has 1 nitrogen and oxygen atoms in total. The van der Waals surface area contributed by atoms with E-state index >= 15 is 0 Å². The smallest absolute Gasteiger partial charge is 0.0717 e. The molecule has 0 saturated carbocycles. The first-order chi connectivity index (χ1) is 9.31. The van der Waals surface area contributed by atoms with Gasteiger partial charge in [-0.15, -0.1) is 0 Å². The number of aliphatic imine (C=N–C) groups is 1. The van der Waals surface area contributed by atoms with E-state index in [9.17, 15) is 0 Å². The molecular formula is C18H23N. The minimum absolute atomic E-state index is 0.256. The maximum atomic E-state index is 4.65. The average molecular weight is 253 g/mol. The van der Waals surface area contributed by atoms with Gasteiger partial charge in [-0.1, -0.05) is 56.2 Å². The van der Waals surface area contributed by atoms with E-state index in [4.69, 9.17) is 0 Å². The number of hydrogen-bond donors (Lipinski definition) is 0. The molecular weight excluding hydrogens is 230 g/mol. The van der Waals surface area contributed by atoms with Gasteiger partial charge in [0.25, 0.3) is 0 Å². The maximum absolute atomic E-state index is 4.65. The second-order valence-electron chi connectivity index (χ2n) is 5.11. The van der Waals surface area contributed by atoms with Crippen molar-refractivity contribution in [1.29, 1.82) is 0 Å². The highest BCUT2D eigenvalue weighted by atomic mass is 14.7. The van der Waals surface area contributed by atoms with Crippen LogP contribution in [0.4, 0.5) is 0 Å². The van der Waals surface area contributed by atoms with Gasteiger partial charge in [0, 0.05) is 0 Å². The predicted molar refractivity (Wildman–Crippen MR) is 85.0 cm³/mol. The quantitative estimate of drug-likeness (QED) is 0.472. The van der Waals surface area contributed by atoms with E-state index in [1.807, 2.05) is 0 Å². The first kappa shape index (κ1) is 13.8. The lowest BCUT2D eigenvalue weighted by Gasteiger charge is -2.08. The van der Waals surface area contributed by atoms with Crippen LogP contribution >= 0.6 is 0 Å². The predicted octanol–water partition coefficient (Wildman–Crippen LogP) is 5.55. The molecule has 0 heterocycles. The van der Waals surface area contributed by atoms with Crippen molar-refractivity contribution in [2.24, 2.45) is 4.99 Å². The highest BCUT2D eigenvalue weighted by molar-refractivity contribution is 5.83. The van der Waals surface area contributed by atoms with Gasteiger partial charge >= 0.3 is 0 Å². The molecule has 0 aliphatic rings. The number of nitrogens with zero attached hydrogens (tertiary/aromatic N) is 1. The van der Waals surface area contributed by atoms with Gasteiger partial charge in [0.1, 0.15) is 0 Å². The summed E-state index contributed by atoms with van der Waals surface area (Å²) in [7, 11) is 0. The van der Waals surface area contributed by atoms with Gasteiger partial charge < -0.3 is 0 Å². The number of hydrogen-bond acceptors (Lipinski definition) is 1. The monoisotopic (exact) mass is 253 g/mol. The van der Waals surface area contributed by atoms with E-state index in [1.54, 1.807) is 0 Å². The van der Waals surface area contributed by atoms with Crippen molar-refractivity contribution >= 4 is 17.0 Å². The van der Waals surface area contributed by atoms with Crippen molar-refractivity contribution in [2.45, 2.75) is 45.6 Å². The lowest BCUT2D eigenvalue weighted by Crippen LogP contribution is -1.90. The van der Waals surface area contributed by atoms with Crippen LogP contribution in [-0.2, 0) is 0 Å². The zero-order valence-electron chi connectivity index (χ0n) is 12.0. The summed E-state index contributed by atoms with van der Waals surface area (Å²) in [4.78, 5) is 4.65. The van der Waals surface area contributed by atoms with E-state index in [0.717, 1.165) is 6.42 Å². The molecule has 1 atom stereocenters. The molecule has 0 fully saturated rings. The molecule has 0 unspecified atom stereocenters. The lowest BCUT2D eigenvalue weighted by atomic mass is 10.0. The minimum Gasteiger partial charge on any atom is -0.290 e. The summed E-state index contributed by atoms with van der Waals surface area (Å²) in [5.74, 6) is 0. The Balaban J connectivity index is 2.02. The van der Waals surface area contributed by atoms with E-state index in [2.05, 4.69) is 67.5 Å². The van der Waals surface area contributed by atoms with Crippen molar-refractivity contribution in [1.82, 2.24) is 0 Å². The average Bonchev–Trinajstić information content (AvgIpc) is 2.46. The van der Waals surface area contributed by atoms with Gasteiger partial charge in [0.05, 0.1) is 6.04 Å². The Kier molecular flexibility index (Phi) is 5.14. The molecule has 0 aromatic heterocycles. The molecule has 0 amide bonds. The molecule has 2 aromatic carbocycles. The van der Waals surface area contributed by atoms with E-state index in [0.29, 0.717) is 0 Å². The molecule has 1 heteroatoms. The molecule has 0 aliphatic heterocycles. The van der Waals surface area contributed by atoms with E-state index in [1.165, 1.54) is 35.6 Å². The van der Waals surface area contributed by atoms with Crippen LogP contribution in [0, 0.1) is 0 Å². The van der Waals surface area contributed by atoms with Crippen molar-refractivity contribution in [3.8, 4) is 0 Å². The van der Waals surface area contributed by atoms with Gasteiger partial charge in [0.2, 0.25) is 0 Å². The molecule has 19 heavy (non-hydrogen) atoms. The van der Waals surface area contributed by atoms with Crippen molar-refractivity contribution in [3.63, 3.8) is 0 Å². The Morgan fingerprint density at radius 3 is 2.63 bits per heavy atom. The van der Waals surface area contributed by atoms with Crippen molar-refractivity contribution in [3.05, 3.63) is 48.0 Å². The summed E-state index contributed by atoms with van der Waals surface area (Å²) in [6.07, 6.45) is 7.02. The van der Waals surface area contributed by atoms with Crippen LogP contribution in [0.5, 0.6) is 0 Å². The summed E-state index contributed by atoms with van der Waals surface area (Å²) in [5, 5.41) is 2.60. The summed E-state index contributed by atoms with van der Waals surface area (Å²) >= 11 is 0. The highest BCUT2D eigenvalue weighted by Gasteiger charge is 2.03. The van der Waals surface area contributed by atoms with Gasteiger partial charge in [0.15, 0.2) is 0 Å². The Bertz CT molecular complexity index is 542. The highest BCUT2D eigenvalue weighted by Crippen LogP contribution is 2.22. The van der Waals surface area contributed by atoms with Crippen LogP contribution in [0.3, 0.4) is 0 Å². The van der Waals surface area contributed by atoms with Crippen molar-refractivity contribution < 1.29 is 0 Å². The fourth-order valence-corrected chi connectivity index (χ4v) is 2.27. The fraction of sp³-hybridized carbons (Fsp3) is 0.389. The Labute approximate surface area is 116 Å². The number of benzene rings is 2. The van der Waals surface area contributed by atoms with Crippen LogP contribution in [0.15, 0.2) is 47.5 Å². The molecule has 100 valence electrons. The molecule has 0 aliphatic carbocycles. The van der Waals surface area contributed by atoms with Crippen LogP contribution in [0.1, 0.15) is 51.1 Å². The minimum atomic E-state index is 0.256. The van der Waals surface area contributed by atoms with Gasteiger partial charge in [-0.05, 0) is 48.4 Å². The fourth-order valence-electron chi connectivity index (χ4n) is 2.27. The summed E-state index contributed by atoms with van der Waals surface area (Å²) in [5.41, 5.74) is 1.30. The van der Waals surface area contributed by atoms with Crippen LogP contribution in [0.25, 0.3) is 10.8 Å². The van der Waals surface area contributed by atoms with Gasteiger partial charge in [-0.2, -0.15) is 0 Å². The van der Waals surface area contributed by atoms with E-state index in [-0.39, 0.29) is 6.04 Å². The Hall–Kier alpha value is -1.63. The second-order valence-corrected chi connectivity index (χ2v) is 5.11. The van der Waals surface area contributed by atoms with Gasteiger partial charge in [-0.25, -0.2) is 0 Å². The van der Waals surface area contributed by atoms with Crippen LogP contribution in [0.2, 0.25) is 0 Å². The Morgan fingerprint density at radius 2 is 1.84 bits per heavy atom. The standard InChI is InChI=1S/C18H23N/c1-3-4-5-8-13-19-15(2)17-12-11-16-9-6-7-10-18(16)14-17/h6-7,9-15H,3-5,8H2,1-2H3/t15-/m1/s1. The molecule has 0 saturated heterocycles. The number of fused-ring (bicyclic) bond motifs is 1. The molecule has 2 rings (SSSR count). The number of rotatable bonds is 6. The Morgan fingerprint density at radius 1 is 1.05 bits per heavy atom. The van der Waals surface area contributed by atoms with Gasteiger partial charge in [-0.3, -0.25) is 4.99 Å². The molecule has 0 spiro atoms. The SMILES string of the molecule is CCCCCC=N[C@H](C)c1ccc2ccccc2c1. The second kappa shape index (κ2) is 7.08. The third-order valence-electron chi connectivity index (χ3n) is 3.52. The summed E-state index contributed by atoms with van der Waals surface area (Å²) in [6.45, 7) is 4.40. The van der Waals surface area contributed by atoms with Crippen molar-refractivity contribution in [2.75, 3.05) is 0 Å². The molecule has 0 bridgehead atoms. The topological polar surface area (TPSA) is 12.4 Å². The maximum Gasteiger partial charge on any atom is 0.0717 e. The molecule has 2 aromatic rings. The van der Waals surface area contributed by atoms with Crippen LogP contribution in [-0.4, -0.2) is 6.21 Å². The summed E-state index contributed by atoms with van der Waals surface area (Å²) < 4.78 is 0. The first-order valence-corrected chi connectivity index (χ1v) is 7.31. The number of unbranched alkanes of at least 4 members (excludes halogenated alkanes) is 3. The van der Waals surface area contributed by atoms with E-state index < -0.39 is 0 Å². The molecule has 0 radical (unpaired) electrons. The summed E-state index contributed by atoms with van der Waals surface area (Å²) in [6, 6.07) is 15.4. The molecule has 0 N–H and O–H groups in total. The lowest BCUT2D eigenvalue weighted by molar-refractivity contribution is 0.740.